The Labute approximate surface area is 96.8 Å². The quantitative estimate of drug-likeness (QED) is 0.720. The van der Waals surface area contributed by atoms with Crippen LogP contribution in [-0.2, 0) is 4.79 Å². The van der Waals surface area contributed by atoms with Crippen LogP contribution in [0, 0.1) is 5.92 Å². The van der Waals surface area contributed by atoms with E-state index in [1.165, 1.54) is 6.42 Å². The highest BCUT2D eigenvalue weighted by Crippen LogP contribution is 2.27. The van der Waals surface area contributed by atoms with Crippen molar-refractivity contribution in [3.8, 4) is 0 Å². The third-order valence-electron chi connectivity index (χ3n) is 4.02. The molecule has 4 heteroatoms. The number of carbonyl (C=O) groups excluding carboxylic acids is 1. The average molecular weight is 226 g/mol. The number of carbonyl (C=O) groups is 1. The average Bonchev–Trinajstić information content (AvgIpc) is 2.30. The van der Waals surface area contributed by atoms with Crippen LogP contribution in [0.2, 0.25) is 0 Å². The zero-order valence-electron chi connectivity index (χ0n) is 9.77. The lowest BCUT2D eigenvalue weighted by molar-refractivity contribution is -0.124. The van der Waals surface area contributed by atoms with Crippen LogP contribution in [0.25, 0.3) is 0 Å². The minimum atomic E-state index is -0.208. The first-order valence-corrected chi connectivity index (χ1v) is 6.40. The lowest BCUT2D eigenvalue weighted by Crippen LogP contribution is -2.51. The Kier molecular flexibility index (Phi) is 3.82. The van der Waals surface area contributed by atoms with E-state index in [-0.39, 0.29) is 24.0 Å². The van der Waals surface area contributed by atoms with Gasteiger partial charge in [0.05, 0.1) is 12.0 Å². The molecule has 2 fully saturated rings. The van der Waals surface area contributed by atoms with Crippen molar-refractivity contribution in [3.05, 3.63) is 0 Å². The third kappa shape index (κ3) is 2.55. The molecule has 0 aromatic carbocycles. The second kappa shape index (κ2) is 5.15. The van der Waals surface area contributed by atoms with Crippen LogP contribution in [-0.4, -0.2) is 41.1 Å². The molecular formula is C12H22N2O2. The molecule has 3 atom stereocenters. The van der Waals surface area contributed by atoms with Gasteiger partial charge in [-0.3, -0.25) is 9.69 Å². The Balaban J connectivity index is 1.95. The van der Waals surface area contributed by atoms with E-state index in [4.69, 9.17) is 5.73 Å². The highest BCUT2D eigenvalue weighted by molar-refractivity contribution is 5.76. The van der Waals surface area contributed by atoms with Crippen molar-refractivity contribution in [1.82, 2.24) is 4.90 Å². The molecule has 1 heterocycles. The summed E-state index contributed by atoms with van der Waals surface area (Å²) < 4.78 is 0. The summed E-state index contributed by atoms with van der Waals surface area (Å²) in [5, 5.41) is 9.99. The van der Waals surface area contributed by atoms with Crippen LogP contribution >= 0.6 is 0 Å². The molecule has 2 aliphatic rings. The normalized spacial score (nSPS) is 37.2. The molecule has 0 bridgehead atoms. The number of hydrogen-bond donors (Lipinski definition) is 2. The first-order valence-electron chi connectivity index (χ1n) is 6.40. The van der Waals surface area contributed by atoms with E-state index in [1.54, 1.807) is 0 Å². The van der Waals surface area contributed by atoms with Crippen molar-refractivity contribution in [2.75, 3.05) is 13.1 Å². The summed E-state index contributed by atoms with van der Waals surface area (Å²) in [6.45, 7) is 1.75. The maximum Gasteiger partial charge on any atom is 0.221 e. The van der Waals surface area contributed by atoms with Crippen molar-refractivity contribution in [2.45, 2.75) is 50.7 Å². The van der Waals surface area contributed by atoms with Gasteiger partial charge in [-0.05, 0) is 32.2 Å². The molecule has 1 unspecified atom stereocenters. The number of aliphatic hydroxyl groups excluding tert-OH is 1. The molecule has 0 aromatic heterocycles. The Bertz CT molecular complexity index is 257. The zero-order chi connectivity index (χ0) is 11.5. The van der Waals surface area contributed by atoms with Gasteiger partial charge in [-0.25, -0.2) is 0 Å². The van der Waals surface area contributed by atoms with Crippen LogP contribution in [0.3, 0.4) is 0 Å². The molecule has 1 amide bonds. The molecule has 0 radical (unpaired) electrons. The summed E-state index contributed by atoms with van der Waals surface area (Å²) in [6, 6.07) is 0.260. The van der Waals surface area contributed by atoms with Gasteiger partial charge in [-0.1, -0.05) is 12.8 Å². The topological polar surface area (TPSA) is 66.6 Å². The number of nitrogens with zero attached hydrogens (tertiary/aromatic N) is 1. The standard InChI is InChI=1S/C12H22N2O2/c13-12(16)9-4-3-7-14(8-9)10-5-1-2-6-11(10)15/h9-11,15H,1-8H2,(H2,13,16)/t9?,10-,11-/m0/s1. The van der Waals surface area contributed by atoms with Crippen LogP contribution in [0.4, 0.5) is 0 Å². The van der Waals surface area contributed by atoms with Crippen molar-refractivity contribution in [3.63, 3.8) is 0 Å². The number of aliphatic hydroxyl groups is 1. The van der Waals surface area contributed by atoms with E-state index < -0.39 is 0 Å². The molecule has 0 aromatic rings. The molecule has 4 nitrogen and oxygen atoms in total. The number of hydrogen-bond acceptors (Lipinski definition) is 3. The second-order valence-electron chi connectivity index (χ2n) is 5.16. The SMILES string of the molecule is NC(=O)C1CCCN([C@H]2CCCC[C@@H]2O)C1. The van der Waals surface area contributed by atoms with Gasteiger partial charge in [0.15, 0.2) is 0 Å². The van der Waals surface area contributed by atoms with Crippen LogP contribution in [0.15, 0.2) is 0 Å². The number of likely N-dealkylation sites (tertiary alicyclic amines) is 1. The predicted octanol–water partition coefficient (Wildman–Crippen LogP) is 0.487. The van der Waals surface area contributed by atoms with E-state index in [0.717, 1.165) is 45.2 Å². The molecule has 16 heavy (non-hydrogen) atoms. The number of amides is 1. The van der Waals surface area contributed by atoms with Crippen LogP contribution < -0.4 is 5.73 Å². The van der Waals surface area contributed by atoms with Gasteiger partial charge in [-0.2, -0.15) is 0 Å². The van der Waals surface area contributed by atoms with Crippen molar-refractivity contribution in [1.29, 1.82) is 0 Å². The van der Waals surface area contributed by atoms with Gasteiger partial charge in [0.25, 0.3) is 0 Å². The Morgan fingerprint density at radius 1 is 1.19 bits per heavy atom. The minimum absolute atomic E-state index is 0.0112. The minimum Gasteiger partial charge on any atom is -0.391 e. The highest BCUT2D eigenvalue weighted by Gasteiger charge is 2.33. The molecule has 1 aliphatic carbocycles. The Hall–Kier alpha value is -0.610. The van der Waals surface area contributed by atoms with Gasteiger partial charge in [0.2, 0.25) is 5.91 Å². The first-order chi connectivity index (χ1) is 7.68. The van der Waals surface area contributed by atoms with Crippen LogP contribution in [0.1, 0.15) is 38.5 Å². The fourth-order valence-corrected chi connectivity index (χ4v) is 3.06. The van der Waals surface area contributed by atoms with E-state index in [0.29, 0.717) is 0 Å². The van der Waals surface area contributed by atoms with Crippen LogP contribution in [0.5, 0.6) is 0 Å². The molecule has 1 saturated carbocycles. The number of primary amides is 1. The summed E-state index contributed by atoms with van der Waals surface area (Å²) in [6.07, 6.45) is 6.02. The van der Waals surface area contributed by atoms with Crippen molar-refractivity contribution in [2.24, 2.45) is 11.7 Å². The highest BCUT2D eigenvalue weighted by atomic mass is 16.3. The zero-order valence-corrected chi connectivity index (χ0v) is 9.77. The van der Waals surface area contributed by atoms with E-state index in [2.05, 4.69) is 4.90 Å². The van der Waals surface area contributed by atoms with E-state index in [1.807, 2.05) is 0 Å². The maximum absolute atomic E-state index is 11.2. The first kappa shape index (κ1) is 11.9. The molecule has 1 aliphatic heterocycles. The summed E-state index contributed by atoms with van der Waals surface area (Å²) in [4.78, 5) is 13.5. The van der Waals surface area contributed by atoms with Gasteiger partial charge in [-0.15, -0.1) is 0 Å². The molecule has 3 N–H and O–H groups in total. The monoisotopic (exact) mass is 226 g/mol. The second-order valence-corrected chi connectivity index (χ2v) is 5.16. The van der Waals surface area contributed by atoms with Gasteiger partial charge in [0.1, 0.15) is 0 Å². The van der Waals surface area contributed by atoms with Gasteiger partial charge in [0, 0.05) is 12.6 Å². The Morgan fingerprint density at radius 3 is 2.62 bits per heavy atom. The lowest BCUT2D eigenvalue weighted by Gasteiger charge is -2.41. The molecular weight excluding hydrogens is 204 g/mol. The molecule has 0 spiro atoms. The van der Waals surface area contributed by atoms with E-state index >= 15 is 0 Å². The fourth-order valence-electron chi connectivity index (χ4n) is 3.06. The van der Waals surface area contributed by atoms with Gasteiger partial charge >= 0.3 is 0 Å². The maximum atomic E-state index is 11.2. The third-order valence-corrected chi connectivity index (χ3v) is 4.02. The summed E-state index contributed by atoms with van der Waals surface area (Å²) >= 11 is 0. The molecule has 92 valence electrons. The number of rotatable bonds is 2. The summed E-state index contributed by atoms with van der Waals surface area (Å²) in [7, 11) is 0. The lowest BCUT2D eigenvalue weighted by atomic mass is 9.88. The summed E-state index contributed by atoms with van der Waals surface area (Å²) in [5.74, 6) is -0.196. The largest absolute Gasteiger partial charge is 0.391 e. The molecule has 1 saturated heterocycles. The van der Waals surface area contributed by atoms with Crippen molar-refractivity contribution >= 4 is 5.91 Å². The van der Waals surface area contributed by atoms with Crippen molar-refractivity contribution < 1.29 is 9.90 Å². The number of nitrogens with two attached hydrogens (primary N) is 1. The van der Waals surface area contributed by atoms with Gasteiger partial charge < -0.3 is 10.8 Å². The van der Waals surface area contributed by atoms with E-state index in [9.17, 15) is 9.90 Å². The smallest absolute Gasteiger partial charge is 0.221 e. The fraction of sp³-hybridized carbons (Fsp3) is 0.917. The summed E-state index contributed by atoms with van der Waals surface area (Å²) in [5.41, 5.74) is 5.37. The Morgan fingerprint density at radius 2 is 1.94 bits per heavy atom. The molecule has 2 rings (SSSR count). The number of piperidine rings is 1. The predicted molar refractivity (Wildman–Crippen MR) is 61.8 cm³/mol.